The lowest BCUT2D eigenvalue weighted by molar-refractivity contribution is 0.249. The van der Waals surface area contributed by atoms with Crippen LogP contribution in [0.1, 0.15) is 5.56 Å². The Morgan fingerprint density at radius 3 is 2.61 bits per heavy atom. The molecule has 3 N–H and O–H groups in total. The van der Waals surface area contributed by atoms with Crippen LogP contribution < -0.4 is 16.2 Å². The summed E-state index contributed by atoms with van der Waals surface area (Å²) in [6, 6.07) is 7.67. The molecular weight excluding hydrogens is 292 g/mol. The molecule has 0 radical (unpaired) electrons. The topological polar surface area (TPSA) is 85.9 Å². The lowest BCUT2D eigenvalue weighted by Gasteiger charge is -2.27. The van der Waals surface area contributed by atoms with Crippen molar-refractivity contribution >= 4 is 5.95 Å². The number of hydrogen-bond donors (Lipinski definition) is 3. The van der Waals surface area contributed by atoms with E-state index >= 15 is 0 Å². The number of nitrogens with one attached hydrogen (secondary N) is 3. The van der Waals surface area contributed by atoms with Gasteiger partial charge >= 0.3 is 0 Å². The number of aryl methyl sites for hydroxylation is 1. The minimum absolute atomic E-state index is 0.228. The summed E-state index contributed by atoms with van der Waals surface area (Å²) >= 11 is 0. The summed E-state index contributed by atoms with van der Waals surface area (Å²) in [6.07, 6.45) is 0. The van der Waals surface area contributed by atoms with Gasteiger partial charge in [0.25, 0.3) is 5.56 Å². The smallest absolute Gasteiger partial charge is 0.279 e. The second-order valence-corrected chi connectivity index (χ2v) is 5.74. The lowest BCUT2D eigenvalue weighted by atomic mass is 10.1. The summed E-state index contributed by atoms with van der Waals surface area (Å²) in [6.45, 7) is 7.82. The van der Waals surface area contributed by atoms with E-state index in [4.69, 9.17) is 0 Å². The number of aromatic amines is 1. The van der Waals surface area contributed by atoms with Crippen molar-refractivity contribution in [3.8, 4) is 11.3 Å². The molecule has 7 nitrogen and oxygen atoms in total. The van der Waals surface area contributed by atoms with Gasteiger partial charge in [-0.1, -0.05) is 29.8 Å². The molecule has 1 aromatic carbocycles. The van der Waals surface area contributed by atoms with Gasteiger partial charge in [0.1, 0.15) is 0 Å². The molecule has 7 heteroatoms. The molecule has 0 spiro atoms. The molecule has 2 heterocycles. The van der Waals surface area contributed by atoms with Crippen LogP contribution >= 0.6 is 0 Å². The molecule has 2 aromatic rings. The number of hydrogen-bond acceptors (Lipinski definition) is 6. The van der Waals surface area contributed by atoms with Crippen molar-refractivity contribution in [3.63, 3.8) is 0 Å². The fraction of sp³-hybridized carbons (Fsp3) is 0.438. The van der Waals surface area contributed by atoms with E-state index in [2.05, 4.69) is 30.7 Å². The van der Waals surface area contributed by atoms with Crippen LogP contribution in [0.25, 0.3) is 11.3 Å². The van der Waals surface area contributed by atoms with E-state index in [0.29, 0.717) is 11.6 Å². The third-order valence-corrected chi connectivity index (χ3v) is 3.95. The van der Waals surface area contributed by atoms with Crippen molar-refractivity contribution in [1.82, 2.24) is 25.4 Å². The molecule has 1 fully saturated rings. The van der Waals surface area contributed by atoms with Gasteiger partial charge in [-0.15, -0.1) is 10.2 Å². The van der Waals surface area contributed by atoms with Crippen LogP contribution in [0, 0.1) is 6.92 Å². The molecule has 0 atom stereocenters. The Labute approximate surface area is 135 Å². The zero-order valence-electron chi connectivity index (χ0n) is 13.3. The maximum Gasteiger partial charge on any atom is 0.279 e. The van der Waals surface area contributed by atoms with Gasteiger partial charge in [0.05, 0.1) is 0 Å². The third kappa shape index (κ3) is 4.14. The van der Waals surface area contributed by atoms with Crippen LogP contribution in [0.2, 0.25) is 0 Å². The highest BCUT2D eigenvalue weighted by Gasteiger charge is 2.10. The molecule has 3 rings (SSSR count). The monoisotopic (exact) mass is 314 g/mol. The van der Waals surface area contributed by atoms with Crippen molar-refractivity contribution in [2.45, 2.75) is 6.92 Å². The minimum atomic E-state index is -0.228. The quantitative estimate of drug-likeness (QED) is 0.743. The number of nitrogens with zero attached hydrogens (tertiary/aromatic N) is 3. The van der Waals surface area contributed by atoms with Gasteiger partial charge < -0.3 is 10.6 Å². The second kappa shape index (κ2) is 7.34. The highest BCUT2D eigenvalue weighted by Crippen LogP contribution is 2.13. The number of aromatic nitrogens is 3. The maximum absolute atomic E-state index is 12.2. The molecular formula is C16H22N6O. The molecule has 0 unspecified atom stereocenters. The van der Waals surface area contributed by atoms with Gasteiger partial charge in [0, 0.05) is 44.8 Å². The van der Waals surface area contributed by atoms with E-state index in [0.717, 1.165) is 50.4 Å². The Bertz CT molecular complexity index is 690. The second-order valence-electron chi connectivity index (χ2n) is 5.74. The summed E-state index contributed by atoms with van der Waals surface area (Å²) in [4.78, 5) is 17.3. The SMILES string of the molecule is Cc1ccc(-c2nnc(NCCN3CCNCC3)[nH]c2=O)cc1. The van der Waals surface area contributed by atoms with Crippen LogP contribution in [0.15, 0.2) is 29.1 Å². The Hall–Kier alpha value is -2.25. The molecule has 1 aliphatic rings. The van der Waals surface area contributed by atoms with E-state index in [1.165, 1.54) is 0 Å². The summed E-state index contributed by atoms with van der Waals surface area (Å²) in [5.74, 6) is 0.418. The molecule has 0 amide bonds. The molecule has 0 aliphatic carbocycles. The largest absolute Gasteiger partial charge is 0.353 e. The van der Waals surface area contributed by atoms with Crippen LogP contribution in [-0.2, 0) is 0 Å². The van der Waals surface area contributed by atoms with Gasteiger partial charge in [0.15, 0.2) is 5.69 Å². The summed E-state index contributed by atoms with van der Waals surface area (Å²) < 4.78 is 0. The summed E-state index contributed by atoms with van der Waals surface area (Å²) in [5, 5.41) is 14.6. The molecule has 0 bridgehead atoms. The molecule has 1 aliphatic heterocycles. The highest BCUT2D eigenvalue weighted by molar-refractivity contribution is 5.58. The van der Waals surface area contributed by atoms with Crippen molar-refractivity contribution in [2.75, 3.05) is 44.6 Å². The Morgan fingerprint density at radius 2 is 1.91 bits per heavy atom. The van der Waals surface area contributed by atoms with E-state index in [9.17, 15) is 4.79 Å². The third-order valence-electron chi connectivity index (χ3n) is 3.95. The van der Waals surface area contributed by atoms with Crippen LogP contribution in [0.3, 0.4) is 0 Å². The average Bonchev–Trinajstić information content (AvgIpc) is 2.57. The molecule has 1 saturated heterocycles. The van der Waals surface area contributed by atoms with E-state index in [-0.39, 0.29) is 5.56 Å². The first kappa shape index (κ1) is 15.6. The van der Waals surface area contributed by atoms with Crippen LogP contribution in [-0.4, -0.2) is 59.3 Å². The number of H-pyrrole nitrogens is 1. The number of anilines is 1. The summed E-state index contributed by atoms with van der Waals surface area (Å²) in [7, 11) is 0. The fourth-order valence-corrected chi connectivity index (χ4v) is 2.58. The standard InChI is InChI=1S/C16H22N6O/c1-12-2-4-13(5-3-12)14-15(23)19-16(21-20-14)18-8-11-22-9-6-17-7-10-22/h2-5,17H,6-11H2,1H3,(H2,18,19,21,23). The van der Waals surface area contributed by atoms with E-state index < -0.39 is 0 Å². The lowest BCUT2D eigenvalue weighted by Crippen LogP contribution is -2.45. The van der Waals surface area contributed by atoms with Crippen LogP contribution in [0.4, 0.5) is 5.95 Å². The molecule has 0 saturated carbocycles. The van der Waals surface area contributed by atoms with E-state index in [1.54, 1.807) is 0 Å². The first-order chi connectivity index (χ1) is 11.2. The average molecular weight is 314 g/mol. The Balaban J connectivity index is 1.60. The minimum Gasteiger partial charge on any atom is -0.353 e. The summed E-state index contributed by atoms with van der Waals surface area (Å²) in [5.41, 5.74) is 2.03. The molecule has 1 aromatic heterocycles. The molecule has 122 valence electrons. The maximum atomic E-state index is 12.2. The van der Waals surface area contributed by atoms with Gasteiger partial charge in [-0.3, -0.25) is 14.7 Å². The van der Waals surface area contributed by atoms with Gasteiger partial charge in [-0.05, 0) is 6.92 Å². The van der Waals surface area contributed by atoms with Crippen molar-refractivity contribution in [1.29, 1.82) is 0 Å². The van der Waals surface area contributed by atoms with Gasteiger partial charge in [-0.25, -0.2) is 0 Å². The van der Waals surface area contributed by atoms with Crippen LogP contribution in [0.5, 0.6) is 0 Å². The predicted molar refractivity (Wildman–Crippen MR) is 90.6 cm³/mol. The number of rotatable bonds is 5. The number of piperazine rings is 1. The van der Waals surface area contributed by atoms with E-state index in [1.807, 2.05) is 31.2 Å². The first-order valence-corrected chi connectivity index (χ1v) is 7.93. The van der Waals surface area contributed by atoms with Crippen molar-refractivity contribution in [2.24, 2.45) is 0 Å². The van der Waals surface area contributed by atoms with Gasteiger partial charge in [0.2, 0.25) is 5.95 Å². The fourth-order valence-electron chi connectivity index (χ4n) is 2.58. The predicted octanol–water partition coefficient (Wildman–Crippen LogP) is 0.457. The molecule has 23 heavy (non-hydrogen) atoms. The van der Waals surface area contributed by atoms with Gasteiger partial charge in [-0.2, -0.15) is 0 Å². The Morgan fingerprint density at radius 1 is 1.17 bits per heavy atom. The zero-order valence-corrected chi connectivity index (χ0v) is 13.3. The zero-order chi connectivity index (χ0) is 16.1. The first-order valence-electron chi connectivity index (χ1n) is 7.93. The van der Waals surface area contributed by atoms with Crippen molar-refractivity contribution in [3.05, 3.63) is 40.2 Å². The number of benzene rings is 1. The highest BCUT2D eigenvalue weighted by atomic mass is 16.1. The Kier molecular flexibility index (Phi) is 4.99. The normalized spacial score (nSPS) is 15.5. The van der Waals surface area contributed by atoms with Crippen molar-refractivity contribution < 1.29 is 0 Å².